The Morgan fingerprint density at radius 3 is 1.96 bits per heavy atom. The molecule has 0 radical (unpaired) electrons. The SMILES string of the molecule is N#Cc1n[nH]c([C@@H]2O[C@H](COCc3ccccc3)[C@@H](OCc3ccccc3)[C@@H]2OCc2ccccc2)c1NC(=O)OCC(Cl)(Cl)Cl. The average molecular weight is 686 g/mol. The lowest BCUT2D eigenvalue weighted by molar-refractivity contribution is -0.0898. The maximum Gasteiger partial charge on any atom is 0.411 e. The summed E-state index contributed by atoms with van der Waals surface area (Å²) in [7, 11) is 0. The molecule has 10 nitrogen and oxygen atoms in total. The van der Waals surface area contributed by atoms with E-state index in [1.807, 2.05) is 97.1 Å². The predicted octanol–water partition coefficient (Wildman–Crippen LogP) is 7.03. The van der Waals surface area contributed by atoms with Crippen LogP contribution < -0.4 is 5.32 Å². The number of nitrogens with zero attached hydrogens (tertiary/aromatic N) is 2. The molecule has 1 fully saturated rings. The fourth-order valence-electron chi connectivity index (χ4n) is 4.93. The van der Waals surface area contributed by atoms with Gasteiger partial charge in [0.2, 0.25) is 3.79 Å². The van der Waals surface area contributed by atoms with E-state index in [2.05, 4.69) is 15.5 Å². The highest BCUT2D eigenvalue weighted by molar-refractivity contribution is 6.67. The maximum absolute atomic E-state index is 12.7. The Labute approximate surface area is 281 Å². The molecule has 1 aliphatic heterocycles. The van der Waals surface area contributed by atoms with Gasteiger partial charge in [0, 0.05) is 0 Å². The van der Waals surface area contributed by atoms with Crippen molar-refractivity contribution in [1.82, 2.24) is 10.2 Å². The van der Waals surface area contributed by atoms with E-state index >= 15 is 0 Å². The Hall–Kier alpha value is -3.66. The largest absolute Gasteiger partial charge is 0.445 e. The van der Waals surface area contributed by atoms with E-state index in [4.69, 9.17) is 58.5 Å². The van der Waals surface area contributed by atoms with Gasteiger partial charge in [-0.25, -0.2) is 4.79 Å². The molecule has 4 aromatic rings. The number of nitriles is 1. The molecule has 0 spiro atoms. The summed E-state index contributed by atoms with van der Waals surface area (Å²) in [6.07, 6.45) is -3.77. The topological polar surface area (TPSA) is 128 Å². The first-order valence-electron chi connectivity index (χ1n) is 14.4. The van der Waals surface area contributed by atoms with Crippen LogP contribution in [0.15, 0.2) is 91.0 Å². The molecule has 2 N–H and O–H groups in total. The van der Waals surface area contributed by atoms with Crippen LogP contribution in [0.2, 0.25) is 0 Å². The third kappa shape index (κ3) is 9.44. The van der Waals surface area contributed by atoms with Crippen molar-refractivity contribution in [2.45, 2.75) is 48.0 Å². The monoisotopic (exact) mass is 684 g/mol. The van der Waals surface area contributed by atoms with E-state index in [0.717, 1.165) is 16.7 Å². The summed E-state index contributed by atoms with van der Waals surface area (Å²) >= 11 is 17.2. The molecule has 3 aromatic carbocycles. The highest BCUT2D eigenvalue weighted by atomic mass is 35.6. The van der Waals surface area contributed by atoms with Gasteiger partial charge < -0.3 is 23.7 Å². The van der Waals surface area contributed by atoms with Gasteiger partial charge in [-0.15, -0.1) is 0 Å². The van der Waals surface area contributed by atoms with Crippen LogP contribution in [-0.4, -0.2) is 51.6 Å². The third-order valence-corrected chi connectivity index (χ3v) is 7.38. The number of amides is 1. The number of benzene rings is 3. The van der Waals surface area contributed by atoms with Crippen LogP contribution in [0, 0.1) is 11.3 Å². The van der Waals surface area contributed by atoms with Crippen LogP contribution in [-0.2, 0) is 43.5 Å². The van der Waals surface area contributed by atoms with Gasteiger partial charge in [0.15, 0.2) is 5.69 Å². The van der Waals surface area contributed by atoms with Gasteiger partial charge in [-0.2, -0.15) is 10.4 Å². The summed E-state index contributed by atoms with van der Waals surface area (Å²) in [5.74, 6) is 0. The highest BCUT2D eigenvalue weighted by Crippen LogP contribution is 2.41. The van der Waals surface area contributed by atoms with Crippen LogP contribution in [0.3, 0.4) is 0 Å². The molecule has 1 amide bonds. The minimum absolute atomic E-state index is 0.0443. The molecule has 5 rings (SSSR count). The number of ether oxygens (including phenoxy) is 5. The second-order valence-corrected chi connectivity index (χ2v) is 12.9. The molecule has 0 unspecified atom stereocenters. The standard InChI is InChI=1S/C33H31Cl3N4O6/c34-33(35,36)21-45-32(41)38-27-25(16-37)39-40-28(27)30-31(44-19-24-14-8-3-9-15-24)29(43-18-23-12-6-2-7-13-23)26(46-30)20-42-17-22-10-4-1-5-11-22/h1-15,26,29-31H,17-21H2,(H,38,41)(H,39,40)/t26-,29-,30+,31+/m1/s1. The first-order valence-corrected chi connectivity index (χ1v) is 15.5. The quantitative estimate of drug-likeness (QED) is 0.144. The Morgan fingerprint density at radius 1 is 0.870 bits per heavy atom. The summed E-state index contributed by atoms with van der Waals surface area (Å²) < 4.78 is 28.9. The average Bonchev–Trinajstić information content (AvgIpc) is 3.62. The number of hydrogen-bond donors (Lipinski definition) is 2. The number of rotatable bonds is 13. The van der Waals surface area contributed by atoms with Crippen molar-refractivity contribution in [2.24, 2.45) is 0 Å². The van der Waals surface area contributed by atoms with Crippen molar-refractivity contribution in [2.75, 3.05) is 18.5 Å². The maximum atomic E-state index is 12.7. The Morgan fingerprint density at radius 2 is 1.41 bits per heavy atom. The van der Waals surface area contributed by atoms with Crippen molar-refractivity contribution in [3.63, 3.8) is 0 Å². The molecule has 0 bridgehead atoms. The van der Waals surface area contributed by atoms with E-state index < -0.39 is 40.9 Å². The van der Waals surface area contributed by atoms with Crippen LogP contribution in [0.5, 0.6) is 0 Å². The zero-order valence-electron chi connectivity index (χ0n) is 24.5. The first-order chi connectivity index (χ1) is 22.3. The molecule has 1 saturated heterocycles. The lowest BCUT2D eigenvalue weighted by Gasteiger charge is -2.25. The van der Waals surface area contributed by atoms with Crippen molar-refractivity contribution >= 4 is 46.6 Å². The van der Waals surface area contributed by atoms with E-state index in [9.17, 15) is 10.1 Å². The van der Waals surface area contributed by atoms with Crippen molar-refractivity contribution < 1.29 is 28.5 Å². The van der Waals surface area contributed by atoms with E-state index in [-0.39, 0.29) is 36.9 Å². The lowest BCUT2D eigenvalue weighted by Crippen LogP contribution is -2.38. The minimum atomic E-state index is -1.82. The van der Waals surface area contributed by atoms with E-state index in [0.29, 0.717) is 6.61 Å². The minimum Gasteiger partial charge on any atom is -0.445 e. The summed E-state index contributed by atoms with van der Waals surface area (Å²) in [6.45, 7) is 0.530. The fraction of sp³-hybridized carbons (Fsp3) is 0.303. The number of anilines is 1. The molecule has 0 saturated carbocycles. The van der Waals surface area contributed by atoms with Crippen LogP contribution >= 0.6 is 34.8 Å². The van der Waals surface area contributed by atoms with Crippen LogP contribution in [0.1, 0.15) is 34.2 Å². The fourth-order valence-corrected chi connectivity index (χ4v) is 5.10. The van der Waals surface area contributed by atoms with Gasteiger partial charge in [-0.3, -0.25) is 10.4 Å². The smallest absolute Gasteiger partial charge is 0.411 e. The molecule has 0 aliphatic carbocycles. The number of halogens is 3. The summed E-state index contributed by atoms with van der Waals surface area (Å²) in [5.41, 5.74) is 3.12. The summed E-state index contributed by atoms with van der Waals surface area (Å²) in [6, 6.07) is 31.1. The molecule has 46 heavy (non-hydrogen) atoms. The second-order valence-electron chi connectivity index (χ2n) is 10.4. The zero-order valence-corrected chi connectivity index (χ0v) is 26.8. The highest BCUT2D eigenvalue weighted by Gasteiger charge is 2.49. The Bertz CT molecular complexity index is 1580. The van der Waals surface area contributed by atoms with Gasteiger partial charge in [-0.1, -0.05) is 126 Å². The van der Waals surface area contributed by atoms with Gasteiger partial charge in [0.1, 0.15) is 42.8 Å². The van der Waals surface area contributed by atoms with E-state index in [1.165, 1.54) is 0 Å². The summed E-state index contributed by atoms with van der Waals surface area (Å²) in [5, 5.41) is 19.3. The molecule has 1 aromatic heterocycles. The number of aromatic nitrogens is 2. The lowest BCUT2D eigenvalue weighted by atomic mass is 10.0. The van der Waals surface area contributed by atoms with Gasteiger partial charge in [0.05, 0.1) is 32.1 Å². The molecule has 1 aliphatic rings. The predicted molar refractivity (Wildman–Crippen MR) is 172 cm³/mol. The molecule has 240 valence electrons. The molecule has 4 atom stereocenters. The number of carbonyl (C=O) groups excluding carboxylic acids is 1. The number of hydrogen-bond acceptors (Lipinski definition) is 8. The third-order valence-electron chi connectivity index (χ3n) is 7.05. The van der Waals surface area contributed by atoms with Gasteiger partial charge in [-0.05, 0) is 16.7 Å². The van der Waals surface area contributed by atoms with Crippen LogP contribution in [0.4, 0.5) is 10.5 Å². The number of nitrogens with one attached hydrogen (secondary N) is 2. The first kappa shape index (κ1) is 33.7. The second kappa shape index (κ2) is 16.3. The van der Waals surface area contributed by atoms with Crippen molar-refractivity contribution in [3.8, 4) is 6.07 Å². The van der Waals surface area contributed by atoms with Gasteiger partial charge in [0.25, 0.3) is 0 Å². The van der Waals surface area contributed by atoms with Crippen molar-refractivity contribution in [1.29, 1.82) is 5.26 Å². The molecular weight excluding hydrogens is 655 g/mol. The molecular formula is C33H31Cl3N4O6. The van der Waals surface area contributed by atoms with Crippen molar-refractivity contribution in [3.05, 3.63) is 119 Å². The Kier molecular flexibility index (Phi) is 11.9. The normalized spacial score (nSPS) is 19.4. The Balaban J connectivity index is 1.44. The van der Waals surface area contributed by atoms with Crippen LogP contribution in [0.25, 0.3) is 0 Å². The number of alkyl halides is 3. The molecule has 2 heterocycles. The zero-order chi connectivity index (χ0) is 32.4. The molecule has 13 heteroatoms. The number of aromatic amines is 1. The number of H-pyrrole nitrogens is 1. The number of carbonyl (C=O) groups is 1. The van der Waals surface area contributed by atoms with Gasteiger partial charge >= 0.3 is 6.09 Å². The summed E-state index contributed by atoms with van der Waals surface area (Å²) in [4.78, 5) is 12.7. The van der Waals surface area contributed by atoms with E-state index in [1.54, 1.807) is 0 Å².